The number of carbonyl (C=O) groups excluding carboxylic acids is 3. The third-order valence-corrected chi connectivity index (χ3v) is 3.28. The van der Waals surface area contributed by atoms with Crippen LogP contribution < -0.4 is 0 Å². The average Bonchev–Trinajstić information content (AvgIpc) is 2.68. The Hall–Kier alpha value is -2.41. The lowest BCUT2D eigenvalue weighted by molar-refractivity contribution is -0.140. The number of esters is 3. The Kier molecular flexibility index (Phi) is 23.9. The van der Waals surface area contributed by atoms with Crippen molar-refractivity contribution in [1.82, 2.24) is 4.90 Å². The molecule has 0 heterocycles. The summed E-state index contributed by atoms with van der Waals surface area (Å²) in [5.74, 6) is -0.881. The van der Waals surface area contributed by atoms with Gasteiger partial charge < -0.3 is 19.1 Å². The minimum Gasteiger partial charge on any atom is -0.462 e. The molecule has 0 saturated carbocycles. The number of carbonyl (C=O) groups is 3. The molecular weight excluding hydrogens is 398 g/mol. The highest BCUT2D eigenvalue weighted by molar-refractivity contribution is 5.87. The number of nitrogens with zero attached hydrogens (tertiary/aromatic N) is 1. The van der Waals surface area contributed by atoms with Crippen LogP contribution in [0, 0.1) is 0 Å². The summed E-state index contributed by atoms with van der Waals surface area (Å²) >= 11 is 0. The van der Waals surface area contributed by atoms with Crippen molar-refractivity contribution < 1.29 is 28.6 Å². The van der Waals surface area contributed by atoms with Crippen LogP contribution in [0.5, 0.6) is 0 Å². The number of hydrogen-bond acceptors (Lipinski definition) is 7. The Morgan fingerprint density at radius 2 is 0.935 bits per heavy atom. The van der Waals surface area contributed by atoms with Gasteiger partial charge in [-0.25, -0.2) is 14.4 Å². The zero-order valence-electron chi connectivity index (χ0n) is 20.7. The van der Waals surface area contributed by atoms with Crippen LogP contribution in [0.1, 0.15) is 60.3 Å². The molecule has 7 heteroatoms. The van der Waals surface area contributed by atoms with Gasteiger partial charge in [0.2, 0.25) is 0 Å². The highest BCUT2D eigenvalue weighted by atomic mass is 16.5. The predicted octanol–water partition coefficient (Wildman–Crippen LogP) is 4.48. The van der Waals surface area contributed by atoms with Crippen molar-refractivity contribution in [3.05, 3.63) is 36.5 Å². The minimum absolute atomic E-state index is 0.284. The molecule has 0 aromatic heterocycles. The van der Waals surface area contributed by atoms with Gasteiger partial charge in [0.25, 0.3) is 0 Å². The molecule has 0 amide bonds. The fourth-order valence-corrected chi connectivity index (χ4v) is 1.31. The smallest absolute Gasteiger partial charge is 0.333 e. The normalized spacial score (nSPS) is 9.29. The van der Waals surface area contributed by atoms with Gasteiger partial charge in [-0.1, -0.05) is 46.4 Å². The van der Waals surface area contributed by atoms with Crippen molar-refractivity contribution in [2.24, 2.45) is 0 Å². The Labute approximate surface area is 189 Å². The molecule has 0 atom stereocenters. The molecule has 0 aliphatic heterocycles. The number of ether oxygens (including phenoxy) is 3. The monoisotopic (exact) mass is 441 g/mol. The lowest BCUT2D eigenvalue weighted by Crippen LogP contribution is -2.20. The zero-order valence-corrected chi connectivity index (χ0v) is 20.7. The molecule has 0 rings (SSSR count). The van der Waals surface area contributed by atoms with Crippen LogP contribution in [0.2, 0.25) is 0 Å². The molecule has 0 N–H and O–H groups in total. The molecule has 0 radical (unpaired) electrons. The second-order valence-corrected chi connectivity index (χ2v) is 7.26. The van der Waals surface area contributed by atoms with Gasteiger partial charge in [0, 0.05) is 23.3 Å². The number of hydrogen-bond donors (Lipinski definition) is 0. The lowest BCUT2D eigenvalue weighted by Gasteiger charge is -2.09. The van der Waals surface area contributed by atoms with E-state index in [4.69, 9.17) is 14.2 Å². The fourth-order valence-electron chi connectivity index (χ4n) is 1.31. The molecule has 31 heavy (non-hydrogen) atoms. The van der Waals surface area contributed by atoms with E-state index in [0.717, 1.165) is 32.2 Å². The van der Waals surface area contributed by atoms with E-state index in [1.165, 1.54) is 0 Å². The van der Waals surface area contributed by atoms with Gasteiger partial charge in [-0.2, -0.15) is 0 Å². The quantitative estimate of drug-likeness (QED) is 0.191. The molecule has 0 aliphatic rings. The second kappa shape index (κ2) is 22.3. The highest BCUT2D eigenvalue weighted by Gasteiger charge is 2.02. The van der Waals surface area contributed by atoms with Crippen molar-refractivity contribution in [2.75, 3.05) is 40.5 Å². The van der Waals surface area contributed by atoms with Crippen molar-refractivity contribution in [2.45, 2.75) is 60.3 Å². The maximum atomic E-state index is 10.8. The van der Waals surface area contributed by atoms with E-state index >= 15 is 0 Å². The Balaban J connectivity index is -0.000000380. The minimum atomic E-state index is -0.313. The van der Waals surface area contributed by atoms with E-state index < -0.39 is 0 Å². The van der Waals surface area contributed by atoms with Gasteiger partial charge in [-0.3, -0.25) is 0 Å². The third-order valence-electron chi connectivity index (χ3n) is 3.28. The molecule has 7 nitrogen and oxygen atoms in total. The Morgan fingerprint density at radius 1 is 0.645 bits per heavy atom. The summed E-state index contributed by atoms with van der Waals surface area (Å²) in [4.78, 5) is 34.1. The Morgan fingerprint density at radius 3 is 1.16 bits per heavy atom. The highest BCUT2D eigenvalue weighted by Crippen LogP contribution is 1.95. The summed E-state index contributed by atoms with van der Waals surface area (Å²) in [6.07, 6.45) is 3.95. The van der Waals surface area contributed by atoms with E-state index in [1.54, 1.807) is 20.8 Å². The predicted molar refractivity (Wildman–Crippen MR) is 126 cm³/mol. The van der Waals surface area contributed by atoms with Crippen molar-refractivity contribution in [3.63, 3.8) is 0 Å². The Bertz CT molecular complexity index is 534. The molecule has 0 unspecified atom stereocenters. The first-order valence-electron chi connectivity index (χ1n) is 10.5. The molecule has 0 spiro atoms. The summed E-state index contributed by atoms with van der Waals surface area (Å²) in [5.41, 5.74) is 1.39. The lowest BCUT2D eigenvalue weighted by atomic mass is 10.3. The summed E-state index contributed by atoms with van der Waals surface area (Å²) in [6.45, 7) is 21.6. The molecule has 0 aliphatic carbocycles. The van der Waals surface area contributed by atoms with Crippen molar-refractivity contribution in [3.8, 4) is 0 Å². The third kappa shape index (κ3) is 27.6. The molecule has 0 aromatic carbocycles. The summed E-state index contributed by atoms with van der Waals surface area (Å²) in [7, 11) is 3.85. The van der Waals surface area contributed by atoms with Gasteiger partial charge in [-0.05, 0) is 47.7 Å². The van der Waals surface area contributed by atoms with Gasteiger partial charge in [0.05, 0.1) is 13.2 Å². The van der Waals surface area contributed by atoms with Crippen LogP contribution in [0.25, 0.3) is 0 Å². The van der Waals surface area contributed by atoms with Gasteiger partial charge >= 0.3 is 17.9 Å². The molecule has 0 aromatic rings. The molecule has 0 saturated heterocycles. The van der Waals surface area contributed by atoms with E-state index in [1.807, 2.05) is 19.0 Å². The number of rotatable bonds is 12. The standard InChI is InChI=1S/C8H15NO2.2C8H14O2/c1-7(2)8(10)11-6-5-9(3)4;2*1-4-5-6-10-8(9)7(2)3/h1,5-6H2,2-4H3;2*2,4-6H2,1,3H3. The first-order valence-corrected chi connectivity index (χ1v) is 10.5. The maximum Gasteiger partial charge on any atom is 0.333 e. The van der Waals surface area contributed by atoms with Crippen LogP contribution in [-0.4, -0.2) is 63.3 Å². The maximum absolute atomic E-state index is 10.8. The second-order valence-electron chi connectivity index (χ2n) is 7.26. The van der Waals surface area contributed by atoms with Crippen molar-refractivity contribution >= 4 is 17.9 Å². The largest absolute Gasteiger partial charge is 0.462 e. The van der Waals surface area contributed by atoms with E-state index in [2.05, 4.69) is 33.6 Å². The fraction of sp³-hybridized carbons (Fsp3) is 0.625. The SMILES string of the molecule is C=C(C)C(=O)OCCCC.C=C(C)C(=O)OCCCC.C=C(C)C(=O)OCCN(C)C. The molecule has 180 valence electrons. The van der Waals surface area contributed by atoms with E-state index in [-0.39, 0.29) is 17.9 Å². The first-order chi connectivity index (χ1) is 14.4. The van der Waals surface area contributed by atoms with Gasteiger partial charge in [0.15, 0.2) is 0 Å². The summed E-state index contributed by atoms with van der Waals surface area (Å²) < 4.78 is 14.4. The van der Waals surface area contributed by atoms with Crippen molar-refractivity contribution in [1.29, 1.82) is 0 Å². The average molecular weight is 442 g/mol. The zero-order chi connectivity index (χ0) is 24.8. The van der Waals surface area contributed by atoms with Crippen LogP contribution >= 0.6 is 0 Å². The summed E-state index contributed by atoms with van der Waals surface area (Å²) in [6, 6.07) is 0. The topological polar surface area (TPSA) is 82.1 Å². The van der Waals surface area contributed by atoms with Crippen LogP contribution in [-0.2, 0) is 28.6 Å². The van der Waals surface area contributed by atoms with Crippen LogP contribution in [0.3, 0.4) is 0 Å². The van der Waals surface area contributed by atoms with Gasteiger partial charge in [0.1, 0.15) is 6.61 Å². The van der Waals surface area contributed by atoms with Gasteiger partial charge in [-0.15, -0.1) is 0 Å². The first kappa shape index (κ1) is 33.2. The number of unbranched alkanes of at least 4 members (excludes halogenated alkanes) is 2. The van der Waals surface area contributed by atoms with Crippen LogP contribution in [0.15, 0.2) is 36.5 Å². The molecule has 0 bridgehead atoms. The van der Waals surface area contributed by atoms with Crippen LogP contribution in [0.4, 0.5) is 0 Å². The van der Waals surface area contributed by atoms with E-state index in [0.29, 0.717) is 36.5 Å². The molecular formula is C24H43NO6. The number of likely N-dealkylation sites (N-methyl/N-ethyl adjacent to an activating group) is 1. The molecule has 0 fully saturated rings. The van der Waals surface area contributed by atoms with E-state index in [9.17, 15) is 14.4 Å². The summed E-state index contributed by atoms with van der Waals surface area (Å²) in [5, 5.41) is 0.